The molecule has 0 aromatic rings. The van der Waals surface area contributed by atoms with Crippen LogP contribution in [0.5, 0.6) is 0 Å². The van der Waals surface area contributed by atoms with Crippen molar-refractivity contribution in [2.45, 2.75) is 71.1 Å². The lowest BCUT2D eigenvalue weighted by molar-refractivity contribution is -0.447. The first-order valence-electron chi connectivity index (χ1n) is 11.6. The molecule has 0 aromatic heterocycles. The van der Waals surface area contributed by atoms with E-state index in [2.05, 4.69) is 32.6 Å². The van der Waals surface area contributed by atoms with E-state index in [0.29, 0.717) is 6.61 Å². The van der Waals surface area contributed by atoms with Crippen LogP contribution in [-0.4, -0.2) is 40.3 Å². The quantitative estimate of drug-likeness (QED) is 0.536. The topological polar surface area (TPSA) is 76.0 Å². The van der Waals surface area contributed by atoms with Crippen molar-refractivity contribution in [2.24, 2.45) is 45.8 Å². The number of hydrogen-bond acceptors (Lipinski definition) is 5. The van der Waals surface area contributed by atoms with E-state index in [4.69, 9.17) is 9.47 Å². The van der Waals surface area contributed by atoms with Crippen LogP contribution >= 0.6 is 0 Å². The summed E-state index contributed by atoms with van der Waals surface area (Å²) in [5.74, 6) is -2.71. The molecule has 0 aromatic carbocycles. The molecular weight excluding hydrogens is 380 g/mol. The Kier molecular flexibility index (Phi) is 3.48. The van der Waals surface area contributed by atoms with Crippen LogP contribution in [-0.2, 0) is 14.3 Å². The summed E-state index contributed by atoms with van der Waals surface area (Å²) in [5, 5.41) is 22.9. The van der Waals surface area contributed by atoms with Gasteiger partial charge in [0.25, 0.3) is 0 Å². The number of allylic oxidation sites excluding steroid dienone is 3. The first kappa shape index (κ1) is 19.7. The fourth-order valence-electron chi connectivity index (χ4n) is 9.33. The molecule has 5 heteroatoms. The second-order valence-corrected chi connectivity index (χ2v) is 12.0. The monoisotopic (exact) mass is 414 g/mol. The number of carbonyl (C=O) groups is 1. The van der Waals surface area contributed by atoms with E-state index in [1.54, 1.807) is 13.8 Å². The molecule has 5 nitrogen and oxygen atoms in total. The van der Waals surface area contributed by atoms with Crippen LogP contribution in [0.2, 0.25) is 0 Å². The number of hydrogen-bond donors (Lipinski definition) is 2. The molecule has 0 radical (unpaired) electrons. The molecule has 2 aliphatic heterocycles. The second kappa shape index (κ2) is 5.31. The van der Waals surface area contributed by atoms with Gasteiger partial charge in [0.05, 0.1) is 12.0 Å². The second-order valence-electron chi connectivity index (χ2n) is 12.0. The molecule has 6 fully saturated rings. The molecule has 1 unspecified atom stereocenters. The Labute approximate surface area is 178 Å². The summed E-state index contributed by atoms with van der Waals surface area (Å²) < 4.78 is 12.9. The van der Waals surface area contributed by atoms with Gasteiger partial charge in [0.2, 0.25) is 5.79 Å². The summed E-state index contributed by atoms with van der Waals surface area (Å²) in [4.78, 5) is 14.0. The van der Waals surface area contributed by atoms with E-state index >= 15 is 0 Å². The van der Waals surface area contributed by atoms with Crippen LogP contribution in [0.4, 0.5) is 0 Å². The molecule has 2 heterocycles. The Morgan fingerprint density at radius 3 is 2.73 bits per heavy atom. The lowest BCUT2D eigenvalue weighted by Crippen LogP contribution is -2.87. The summed E-state index contributed by atoms with van der Waals surface area (Å²) in [7, 11) is 0. The van der Waals surface area contributed by atoms with Crippen molar-refractivity contribution in [3.05, 3.63) is 24.3 Å². The predicted molar refractivity (Wildman–Crippen MR) is 110 cm³/mol. The van der Waals surface area contributed by atoms with Crippen molar-refractivity contribution in [1.29, 1.82) is 0 Å². The number of ether oxygens (including phenoxy) is 2. The van der Waals surface area contributed by atoms with Gasteiger partial charge in [0, 0.05) is 17.3 Å². The van der Waals surface area contributed by atoms with E-state index in [0.717, 1.165) is 31.3 Å². The van der Waals surface area contributed by atoms with Gasteiger partial charge in [-0.05, 0) is 62.7 Å². The Bertz CT molecular complexity index is 882. The van der Waals surface area contributed by atoms with Crippen molar-refractivity contribution >= 4 is 5.78 Å². The summed E-state index contributed by atoms with van der Waals surface area (Å²) in [6.07, 6.45) is 7.18. The molecule has 2 N–H and O–H groups in total. The molecule has 4 saturated carbocycles. The molecule has 164 valence electrons. The Morgan fingerprint density at radius 1 is 1.30 bits per heavy atom. The molecule has 9 atom stereocenters. The Hall–Kier alpha value is -1.01. The van der Waals surface area contributed by atoms with Crippen molar-refractivity contribution in [3.8, 4) is 0 Å². The van der Waals surface area contributed by atoms with Gasteiger partial charge in [0.15, 0.2) is 11.6 Å². The van der Waals surface area contributed by atoms with E-state index in [9.17, 15) is 15.0 Å². The van der Waals surface area contributed by atoms with Gasteiger partial charge in [0.1, 0.15) is 6.10 Å². The van der Waals surface area contributed by atoms with Gasteiger partial charge in [-0.2, -0.15) is 0 Å². The lowest BCUT2D eigenvalue weighted by atomic mass is 9.24. The van der Waals surface area contributed by atoms with Crippen molar-refractivity contribution in [2.75, 3.05) is 6.61 Å². The molecule has 2 bridgehead atoms. The maximum absolute atomic E-state index is 14.0. The first-order chi connectivity index (χ1) is 13.9. The summed E-state index contributed by atoms with van der Waals surface area (Å²) in [6.45, 7) is 12.2. The molecule has 30 heavy (non-hydrogen) atoms. The number of Topliss-reactive ketones (excluding diaryl/α,β-unsaturated/α-hetero) is 1. The molecule has 7 rings (SSSR count). The summed E-state index contributed by atoms with van der Waals surface area (Å²) in [6, 6.07) is 0. The van der Waals surface area contributed by atoms with Crippen LogP contribution in [0.3, 0.4) is 0 Å². The fraction of sp³-hybridized carbons (Fsp3) is 0.800. The van der Waals surface area contributed by atoms with Gasteiger partial charge in [-0.25, -0.2) is 0 Å². The van der Waals surface area contributed by atoms with Crippen LogP contribution in [0.15, 0.2) is 24.3 Å². The number of aliphatic hydroxyl groups is 2. The SMILES string of the molecule is C=C1C2C(=O)[C@]34[C@H]2[C@H]1CC[C@H]3[C@]12C=CCC(C)(C)[C@H]1[C@H](O)[C@@]4(OC(C)(C)O)OCC2. The fourth-order valence-corrected chi connectivity index (χ4v) is 9.33. The van der Waals surface area contributed by atoms with Crippen LogP contribution < -0.4 is 0 Å². The maximum atomic E-state index is 14.0. The van der Waals surface area contributed by atoms with Crippen LogP contribution in [0, 0.1) is 45.8 Å². The molecule has 7 aliphatic rings. The van der Waals surface area contributed by atoms with Gasteiger partial charge in [-0.15, -0.1) is 0 Å². The number of aliphatic hydroxyl groups excluding tert-OH is 1. The zero-order chi connectivity index (χ0) is 21.5. The number of ketones is 1. The third-order valence-electron chi connectivity index (χ3n) is 9.88. The van der Waals surface area contributed by atoms with Crippen molar-refractivity contribution < 1.29 is 24.5 Å². The summed E-state index contributed by atoms with van der Waals surface area (Å²) in [5.41, 5.74) is -0.307. The van der Waals surface area contributed by atoms with Crippen LogP contribution in [0.25, 0.3) is 0 Å². The molecule has 5 aliphatic carbocycles. The smallest absolute Gasteiger partial charge is 0.211 e. The molecule has 2 saturated heterocycles. The number of rotatable bonds is 2. The third-order valence-corrected chi connectivity index (χ3v) is 9.88. The van der Waals surface area contributed by atoms with Gasteiger partial charge >= 0.3 is 0 Å². The largest absolute Gasteiger partial charge is 0.387 e. The maximum Gasteiger partial charge on any atom is 0.211 e. The zero-order valence-electron chi connectivity index (χ0n) is 18.5. The summed E-state index contributed by atoms with van der Waals surface area (Å²) >= 11 is 0. The minimum Gasteiger partial charge on any atom is -0.387 e. The minimum atomic E-state index is -1.53. The minimum absolute atomic E-state index is 0.0529. The van der Waals surface area contributed by atoms with E-state index in [1.165, 1.54) is 0 Å². The Balaban J connectivity index is 1.64. The van der Waals surface area contributed by atoms with E-state index in [1.807, 2.05) is 0 Å². The number of carbonyl (C=O) groups excluding carboxylic acids is 1. The van der Waals surface area contributed by atoms with E-state index in [-0.39, 0.29) is 46.2 Å². The Morgan fingerprint density at radius 2 is 2.03 bits per heavy atom. The van der Waals surface area contributed by atoms with Gasteiger partial charge < -0.3 is 19.7 Å². The molecule has 0 amide bonds. The normalized spacial score (nSPS) is 55.0. The first-order valence-corrected chi connectivity index (χ1v) is 11.6. The highest BCUT2D eigenvalue weighted by atomic mass is 16.8. The average molecular weight is 415 g/mol. The van der Waals surface area contributed by atoms with Gasteiger partial charge in [-0.3, -0.25) is 4.79 Å². The molecule has 2 spiro atoms. The third kappa shape index (κ3) is 1.79. The van der Waals surface area contributed by atoms with Crippen molar-refractivity contribution in [1.82, 2.24) is 0 Å². The zero-order valence-corrected chi connectivity index (χ0v) is 18.5. The standard InChI is InChI=1S/C25H34O5/c1-13-14-7-8-15-23-10-6-9-21(2,3)18(23)20(27)25(29-12-11-23,30-22(4,5)28)24(15)17(14)16(13)19(24)26/h6,10,14-18,20,27-28H,1,7-9,11-12H2,2-5H3/t14-,15-,16?,17-,18+,20-,23+,24+,25-/m0/s1. The van der Waals surface area contributed by atoms with Crippen molar-refractivity contribution in [3.63, 3.8) is 0 Å². The van der Waals surface area contributed by atoms with Crippen LogP contribution in [0.1, 0.15) is 53.4 Å². The van der Waals surface area contributed by atoms with Gasteiger partial charge in [-0.1, -0.05) is 38.2 Å². The predicted octanol–water partition coefficient (Wildman–Crippen LogP) is 3.21. The van der Waals surface area contributed by atoms with E-state index < -0.39 is 23.1 Å². The highest BCUT2D eigenvalue weighted by molar-refractivity contribution is 6.01. The highest BCUT2D eigenvalue weighted by Crippen LogP contribution is 2.83. The average Bonchev–Trinajstić information content (AvgIpc) is 2.81. The molecular formula is C25H34O5. The highest BCUT2D eigenvalue weighted by Gasteiger charge is 2.90. The number of fused-ring (bicyclic) bond motifs is 2. The lowest BCUT2D eigenvalue weighted by Gasteiger charge is -2.79.